The number of aliphatic hydroxyl groups is 1. The van der Waals surface area contributed by atoms with Crippen LogP contribution in [0.1, 0.15) is 21.7 Å². The number of nitrogens with zero attached hydrogens (tertiary/aromatic N) is 2. The maximum Gasteiger partial charge on any atom is 0.259 e. The molecule has 3 rings (SSSR count). The molecule has 0 aliphatic rings. The zero-order valence-electron chi connectivity index (χ0n) is 13.7. The Morgan fingerprint density at radius 2 is 2.16 bits per heavy atom. The van der Waals surface area contributed by atoms with E-state index in [0.29, 0.717) is 28.5 Å². The van der Waals surface area contributed by atoms with Crippen molar-refractivity contribution in [1.82, 2.24) is 14.7 Å². The summed E-state index contributed by atoms with van der Waals surface area (Å²) in [6.45, 7) is 2.27. The van der Waals surface area contributed by atoms with Gasteiger partial charge in [0.05, 0.1) is 24.4 Å². The number of amides is 1. The smallest absolute Gasteiger partial charge is 0.259 e. The number of carbonyl (C=O) groups is 1. The van der Waals surface area contributed by atoms with E-state index in [-0.39, 0.29) is 24.6 Å². The third-order valence-corrected chi connectivity index (χ3v) is 4.60. The minimum absolute atomic E-state index is 0.116. The molecule has 1 aromatic carbocycles. The van der Waals surface area contributed by atoms with Crippen molar-refractivity contribution in [2.45, 2.75) is 13.5 Å². The van der Waals surface area contributed by atoms with Crippen molar-refractivity contribution in [3.05, 3.63) is 63.0 Å². The minimum Gasteiger partial charge on any atom is -0.395 e. The number of benzene rings is 1. The van der Waals surface area contributed by atoms with Crippen LogP contribution in [0.5, 0.6) is 0 Å². The summed E-state index contributed by atoms with van der Waals surface area (Å²) in [5.41, 5.74) is 2.47. The third-order valence-electron chi connectivity index (χ3n) is 3.66. The number of aromatic nitrogens is 2. The van der Waals surface area contributed by atoms with E-state index in [2.05, 4.69) is 15.6 Å². The summed E-state index contributed by atoms with van der Waals surface area (Å²) < 4.78 is 1.57. The summed E-state index contributed by atoms with van der Waals surface area (Å²) >= 11 is 1.42. The van der Waals surface area contributed by atoms with Crippen molar-refractivity contribution in [2.24, 2.45) is 0 Å². The third kappa shape index (κ3) is 3.70. The number of hydrogen-bond donors (Lipinski definition) is 3. The summed E-state index contributed by atoms with van der Waals surface area (Å²) in [5, 5.41) is 16.5. The molecule has 2 heterocycles. The largest absolute Gasteiger partial charge is 0.395 e. The monoisotopic (exact) mass is 358 g/mol. The minimum atomic E-state index is -0.269. The average molecular weight is 358 g/mol. The maximum atomic E-state index is 12.2. The topological polar surface area (TPSA) is 95.7 Å². The predicted octanol–water partition coefficient (Wildman–Crippen LogP) is 1.40. The Morgan fingerprint density at radius 3 is 2.96 bits per heavy atom. The van der Waals surface area contributed by atoms with Crippen LogP contribution in [-0.4, -0.2) is 33.6 Å². The molecule has 0 saturated carbocycles. The van der Waals surface area contributed by atoms with Crippen LogP contribution >= 0.6 is 11.3 Å². The van der Waals surface area contributed by atoms with Crippen LogP contribution in [0.2, 0.25) is 0 Å². The number of carbonyl (C=O) groups excluding carboxylic acids is 1. The highest BCUT2D eigenvalue weighted by atomic mass is 32.1. The second-order valence-electron chi connectivity index (χ2n) is 5.46. The van der Waals surface area contributed by atoms with Gasteiger partial charge in [-0.2, -0.15) is 0 Å². The Bertz CT molecular complexity index is 964. The lowest BCUT2D eigenvalue weighted by Crippen LogP contribution is -2.27. The second-order valence-corrected chi connectivity index (χ2v) is 6.30. The number of aliphatic hydroxyl groups excluding tert-OH is 1. The van der Waals surface area contributed by atoms with Gasteiger partial charge in [0.1, 0.15) is 0 Å². The Kier molecular flexibility index (Phi) is 5.11. The number of thiazole rings is 1. The Balaban J connectivity index is 1.80. The number of rotatable bonds is 6. The van der Waals surface area contributed by atoms with Crippen molar-refractivity contribution in [2.75, 3.05) is 18.5 Å². The molecule has 1 amide bonds. The molecule has 130 valence electrons. The number of fused-ring (bicyclic) bond motifs is 1. The molecular weight excluding hydrogens is 340 g/mol. The van der Waals surface area contributed by atoms with Crippen LogP contribution in [0.15, 0.2) is 40.5 Å². The number of aryl methyl sites for hydroxylation is 1. The molecule has 0 radical (unpaired) electrons. The van der Waals surface area contributed by atoms with Crippen LogP contribution in [0.4, 0.5) is 5.69 Å². The van der Waals surface area contributed by atoms with E-state index in [1.165, 1.54) is 17.4 Å². The fraction of sp³-hybridized carbons (Fsp3) is 0.235. The van der Waals surface area contributed by atoms with Crippen LogP contribution in [0, 0.1) is 6.92 Å². The SMILES string of the molecule is Cc1csc2nc(CNc3ccccc3C(=O)NCCO)cc(=O)n12. The molecule has 0 spiro atoms. The van der Waals surface area contributed by atoms with Gasteiger partial charge in [-0.05, 0) is 19.1 Å². The van der Waals surface area contributed by atoms with Gasteiger partial charge in [0, 0.05) is 29.4 Å². The second kappa shape index (κ2) is 7.45. The van der Waals surface area contributed by atoms with Gasteiger partial charge in [-0.3, -0.25) is 14.0 Å². The number of anilines is 1. The van der Waals surface area contributed by atoms with Gasteiger partial charge < -0.3 is 15.7 Å². The highest BCUT2D eigenvalue weighted by molar-refractivity contribution is 7.15. The van der Waals surface area contributed by atoms with Gasteiger partial charge in [-0.25, -0.2) is 4.98 Å². The van der Waals surface area contributed by atoms with E-state index in [4.69, 9.17) is 5.11 Å². The molecule has 0 saturated heterocycles. The predicted molar refractivity (Wildman–Crippen MR) is 97.3 cm³/mol. The van der Waals surface area contributed by atoms with Crippen molar-refractivity contribution in [3.63, 3.8) is 0 Å². The molecule has 2 aromatic heterocycles. The molecule has 3 aromatic rings. The fourth-order valence-corrected chi connectivity index (χ4v) is 3.37. The number of hydrogen-bond acceptors (Lipinski definition) is 6. The van der Waals surface area contributed by atoms with E-state index in [1.807, 2.05) is 18.4 Å². The molecule has 0 unspecified atom stereocenters. The lowest BCUT2D eigenvalue weighted by atomic mass is 10.1. The van der Waals surface area contributed by atoms with Crippen molar-refractivity contribution in [1.29, 1.82) is 0 Å². The normalized spacial score (nSPS) is 10.8. The molecule has 0 bridgehead atoms. The molecule has 0 aliphatic heterocycles. The van der Waals surface area contributed by atoms with E-state index in [1.54, 1.807) is 22.6 Å². The van der Waals surface area contributed by atoms with Crippen LogP contribution in [0.25, 0.3) is 4.96 Å². The van der Waals surface area contributed by atoms with Crippen LogP contribution < -0.4 is 16.2 Å². The quantitative estimate of drug-likeness (QED) is 0.619. The van der Waals surface area contributed by atoms with Gasteiger partial charge in [-0.15, -0.1) is 11.3 Å². The van der Waals surface area contributed by atoms with E-state index >= 15 is 0 Å². The van der Waals surface area contributed by atoms with Crippen LogP contribution in [0.3, 0.4) is 0 Å². The van der Waals surface area contributed by atoms with Crippen molar-refractivity contribution in [3.8, 4) is 0 Å². The van der Waals surface area contributed by atoms with Gasteiger partial charge in [0.25, 0.3) is 11.5 Å². The first-order valence-electron chi connectivity index (χ1n) is 7.79. The van der Waals surface area contributed by atoms with Gasteiger partial charge in [0.2, 0.25) is 0 Å². The molecular formula is C17H18N4O3S. The average Bonchev–Trinajstić information content (AvgIpc) is 2.99. The molecule has 3 N–H and O–H groups in total. The van der Waals surface area contributed by atoms with E-state index < -0.39 is 0 Å². The van der Waals surface area contributed by atoms with Crippen molar-refractivity contribution >= 4 is 27.9 Å². The van der Waals surface area contributed by atoms with Gasteiger partial charge in [0.15, 0.2) is 4.96 Å². The van der Waals surface area contributed by atoms with Crippen LogP contribution in [-0.2, 0) is 6.54 Å². The number of para-hydroxylation sites is 1. The zero-order chi connectivity index (χ0) is 17.8. The summed E-state index contributed by atoms with van der Waals surface area (Å²) in [4.78, 5) is 29.5. The highest BCUT2D eigenvalue weighted by Gasteiger charge is 2.11. The van der Waals surface area contributed by atoms with E-state index in [9.17, 15) is 9.59 Å². The first-order valence-corrected chi connectivity index (χ1v) is 8.67. The van der Waals surface area contributed by atoms with Crippen molar-refractivity contribution < 1.29 is 9.90 Å². The Labute approximate surface area is 148 Å². The first kappa shape index (κ1) is 17.1. The highest BCUT2D eigenvalue weighted by Crippen LogP contribution is 2.16. The molecule has 7 nitrogen and oxygen atoms in total. The molecule has 25 heavy (non-hydrogen) atoms. The lowest BCUT2D eigenvalue weighted by molar-refractivity contribution is 0.0945. The zero-order valence-corrected chi connectivity index (χ0v) is 14.5. The molecule has 0 atom stereocenters. The Hall–Kier alpha value is -2.71. The lowest BCUT2D eigenvalue weighted by Gasteiger charge is -2.11. The number of nitrogens with one attached hydrogen (secondary N) is 2. The molecule has 0 aliphatic carbocycles. The van der Waals surface area contributed by atoms with E-state index in [0.717, 1.165) is 5.69 Å². The summed E-state index contributed by atoms with van der Waals surface area (Å²) in [6, 6.07) is 8.56. The Morgan fingerprint density at radius 1 is 1.36 bits per heavy atom. The molecule has 0 fully saturated rings. The summed E-state index contributed by atoms with van der Waals surface area (Å²) in [6.07, 6.45) is 0. The maximum absolute atomic E-state index is 12.2. The van der Waals surface area contributed by atoms with Gasteiger partial charge in [-0.1, -0.05) is 12.1 Å². The fourth-order valence-electron chi connectivity index (χ4n) is 2.48. The van der Waals surface area contributed by atoms with Gasteiger partial charge >= 0.3 is 0 Å². The summed E-state index contributed by atoms with van der Waals surface area (Å²) in [5.74, 6) is -0.269. The standard InChI is InChI=1S/C17H18N4O3S/c1-11-10-25-17-20-12(8-15(23)21(11)17)9-19-14-5-3-2-4-13(14)16(24)18-6-7-22/h2-5,8,10,19,22H,6-7,9H2,1H3,(H,18,24). The molecule has 8 heteroatoms. The summed E-state index contributed by atoms with van der Waals surface area (Å²) in [7, 11) is 0. The first-order chi connectivity index (χ1) is 12.1.